The van der Waals surface area contributed by atoms with E-state index in [2.05, 4.69) is 19.9 Å². The molecular weight excluding hydrogens is 428 g/mol. The zero-order valence-corrected chi connectivity index (χ0v) is 22.4. The molecule has 0 radical (unpaired) electrons. The Balaban J connectivity index is 1.91. The van der Waals surface area contributed by atoms with E-state index in [9.17, 15) is 15.0 Å². The summed E-state index contributed by atoms with van der Waals surface area (Å²) >= 11 is 0. The molecule has 0 spiro atoms. The number of hydrogen-bond acceptors (Lipinski definition) is 5. The Hall–Kier alpha value is -1.85. The lowest BCUT2D eigenvalue weighted by Gasteiger charge is -2.55. The van der Waals surface area contributed by atoms with Gasteiger partial charge >= 0.3 is 0 Å². The van der Waals surface area contributed by atoms with Crippen LogP contribution in [0.3, 0.4) is 0 Å². The lowest BCUT2D eigenvalue weighted by atomic mass is 9.50. The van der Waals surface area contributed by atoms with Gasteiger partial charge in [0.2, 0.25) is 0 Å². The van der Waals surface area contributed by atoms with Crippen LogP contribution in [0.15, 0.2) is 23.8 Å². The molecule has 3 rings (SSSR count). The van der Waals surface area contributed by atoms with E-state index in [0.29, 0.717) is 19.3 Å². The molecule has 0 aromatic heterocycles. The van der Waals surface area contributed by atoms with Gasteiger partial charge in [0.1, 0.15) is 17.3 Å². The van der Waals surface area contributed by atoms with Crippen LogP contribution in [0.5, 0.6) is 11.5 Å². The van der Waals surface area contributed by atoms with Gasteiger partial charge in [0.25, 0.3) is 0 Å². The van der Waals surface area contributed by atoms with Gasteiger partial charge < -0.3 is 19.7 Å². The molecule has 0 amide bonds. The van der Waals surface area contributed by atoms with Crippen molar-refractivity contribution in [3.8, 4) is 11.5 Å². The highest BCUT2D eigenvalue weighted by Crippen LogP contribution is 2.63. The number of carbonyl (C=O) groups excluding carboxylic acids is 1. The SMILES string of the molecule is COc1cc(C)c(OC)c(CC=C(C)CC2(O)C[C@@]3(C)CCC[C@@]3(C)C(=O)C2CC(C)(C)O)c1. The fourth-order valence-electron chi connectivity index (χ4n) is 6.72. The number of carbonyl (C=O) groups is 1. The smallest absolute Gasteiger partial charge is 0.145 e. The number of allylic oxidation sites excluding steroid dienone is 1. The Bertz CT molecular complexity index is 958. The average Bonchev–Trinajstić information content (AvgIpc) is 3.03. The lowest BCUT2D eigenvalue weighted by molar-refractivity contribution is -0.175. The Kier molecular flexibility index (Phi) is 7.32. The number of rotatable bonds is 8. The maximum atomic E-state index is 13.9. The third kappa shape index (κ3) is 4.92. The highest BCUT2D eigenvalue weighted by atomic mass is 16.5. The van der Waals surface area contributed by atoms with E-state index in [1.165, 1.54) is 0 Å². The van der Waals surface area contributed by atoms with E-state index in [0.717, 1.165) is 47.5 Å². The molecule has 5 nitrogen and oxygen atoms in total. The molecule has 2 saturated carbocycles. The highest BCUT2D eigenvalue weighted by Gasteiger charge is 2.64. The summed E-state index contributed by atoms with van der Waals surface area (Å²) in [5, 5.41) is 22.7. The van der Waals surface area contributed by atoms with Crippen LogP contribution >= 0.6 is 0 Å². The molecule has 2 fully saturated rings. The maximum Gasteiger partial charge on any atom is 0.145 e. The molecule has 2 unspecified atom stereocenters. The van der Waals surface area contributed by atoms with Crippen LogP contribution in [0.2, 0.25) is 0 Å². The van der Waals surface area contributed by atoms with Crippen molar-refractivity contribution in [3.05, 3.63) is 34.9 Å². The number of aryl methyl sites for hydroxylation is 1. The zero-order chi connectivity index (χ0) is 25.5. The summed E-state index contributed by atoms with van der Waals surface area (Å²) in [5.41, 5.74) is 0.210. The van der Waals surface area contributed by atoms with Crippen LogP contribution in [-0.2, 0) is 11.2 Å². The van der Waals surface area contributed by atoms with Crippen molar-refractivity contribution >= 4 is 5.78 Å². The zero-order valence-electron chi connectivity index (χ0n) is 22.4. The topological polar surface area (TPSA) is 76.0 Å². The second kappa shape index (κ2) is 9.31. The van der Waals surface area contributed by atoms with Gasteiger partial charge in [-0.1, -0.05) is 31.9 Å². The molecule has 2 N–H and O–H groups in total. The molecule has 4 atom stereocenters. The first-order chi connectivity index (χ1) is 15.7. The second-order valence-electron chi connectivity index (χ2n) is 12.0. The number of ether oxygens (including phenoxy) is 2. The van der Waals surface area contributed by atoms with Crippen molar-refractivity contribution in [3.63, 3.8) is 0 Å². The monoisotopic (exact) mass is 472 g/mol. The Morgan fingerprint density at radius 1 is 1.21 bits per heavy atom. The number of ketones is 1. The van der Waals surface area contributed by atoms with E-state index < -0.39 is 22.5 Å². The van der Waals surface area contributed by atoms with Crippen molar-refractivity contribution in [2.45, 2.75) is 97.7 Å². The van der Waals surface area contributed by atoms with E-state index in [1.54, 1.807) is 28.1 Å². The molecule has 0 aliphatic heterocycles. The van der Waals surface area contributed by atoms with Crippen molar-refractivity contribution in [2.75, 3.05) is 14.2 Å². The highest BCUT2D eigenvalue weighted by molar-refractivity contribution is 5.90. The van der Waals surface area contributed by atoms with Gasteiger partial charge in [-0.05, 0) is 89.3 Å². The molecule has 34 heavy (non-hydrogen) atoms. The summed E-state index contributed by atoms with van der Waals surface area (Å²) < 4.78 is 11.1. The molecule has 0 saturated heterocycles. The molecule has 1 aromatic carbocycles. The number of hydrogen-bond donors (Lipinski definition) is 2. The summed E-state index contributed by atoms with van der Waals surface area (Å²) in [5.74, 6) is 1.17. The van der Waals surface area contributed by atoms with Crippen LogP contribution in [0.25, 0.3) is 0 Å². The molecule has 2 aliphatic rings. The second-order valence-corrected chi connectivity index (χ2v) is 12.0. The Labute approximate surface area is 205 Å². The maximum absolute atomic E-state index is 13.9. The summed E-state index contributed by atoms with van der Waals surface area (Å²) in [6, 6.07) is 3.94. The number of Topliss-reactive ketones (excluding diaryl/α,β-unsaturated/α-hetero) is 1. The van der Waals surface area contributed by atoms with Gasteiger partial charge in [-0.15, -0.1) is 0 Å². The van der Waals surface area contributed by atoms with Crippen LogP contribution in [0.1, 0.15) is 84.3 Å². The van der Waals surface area contributed by atoms with E-state index in [1.807, 2.05) is 26.0 Å². The van der Waals surface area contributed by atoms with Crippen molar-refractivity contribution in [1.29, 1.82) is 0 Å². The van der Waals surface area contributed by atoms with Crippen LogP contribution in [0.4, 0.5) is 0 Å². The predicted octanol–water partition coefficient (Wildman–Crippen LogP) is 5.57. The minimum atomic E-state index is -1.18. The number of methoxy groups -OCH3 is 2. The van der Waals surface area contributed by atoms with E-state index in [-0.39, 0.29) is 17.6 Å². The van der Waals surface area contributed by atoms with Crippen LogP contribution in [0, 0.1) is 23.7 Å². The number of aliphatic hydroxyl groups is 2. The van der Waals surface area contributed by atoms with Crippen LogP contribution in [-0.4, -0.2) is 41.4 Å². The van der Waals surface area contributed by atoms with Crippen molar-refractivity contribution < 1.29 is 24.5 Å². The summed E-state index contributed by atoms with van der Waals surface area (Å²) in [6.07, 6.45) is 6.85. The summed E-state index contributed by atoms with van der Waals surface area (Å²) in [7, 11) is 3.33. The van der Waals surface area contributed by atoms with Gasteiger partial charge in [0.05, 0.1) is 31.3 Å². The van der Waals surface area contributed by atoms with E-state index in [4.69, 9.17) is 9.47 Å². The quantitative estimate of drug-likeness (QED) is 0.484. The molecular formula is C29H44O5. The van der Waals surface area contributed by atoms with Crippen LogP contribution < -0.4 is 9.47 Å². The fourth-order valence-corrected chi connectivity index (χ4v) is 6.72. The number of fused-ring (bicyclic) bond motifs is 1. The minimum Gasteiger partial charge on any atom is -0.497 e. The molecule has 0 bridgehead atoms. The van der Waals surface area contributed by atoms with Gasteiger partial charge in [-0.3, -0.25) is 4.79 Å². The molecule has 2 aliphatic carbocycles. The first-order valence-corrected chi connectivity index (χ1v) is 12.5. The lowest BCUT2D eigenvalue weighted by Crippen LogP contribution is -2.60. The molecule has 1 aromatic rings. The summed E-state index contributed by atoms with van der Waals surface area (Å²) in [4.78, 5) is 13.9. The van der Waals surface area contributed by atoms with Gasteiger partial charge in [0, 0.05) is 11.0 Å². The standard InChI is InChI=1S/C29H44O5/c1-19(10-11-21-15-22(33-7)14-20(2)24(21)34-8)16-29(32)18-27(5)12-9-13-28(27,6)25(30)23(29)17-26(3,4)31/h10,14-15,23,31-32H,9,11-13,16-18H2,1-8H3/t23?,27-,28+,29?/m1/s1. The first-order valence-electron chi connectivity index (χ1n) is 12.5. The normalized spacial score (nSPS) is 32.0. The van der Waals surface area contributed by atoms with Gasteiger partial charge in [-0.2, -0.15) is 0 Å². The van der Waals surface area contributed by atoms with Gasteiger partial charge in [0.15, 0.2) is 0 Å². The number of benzene rings is 1. The fraction of sp³-hybridized carbons (Fsp3) is 0.690. The first kappa shape index (κ1) is 26.7. The van der Waals surface area contributed by atoms with E-state index >= 15 is 0 Å². The molecule has 5 heteroatoms. The molecule has 190 valence electrons. The Morgan fingerprint density at radius 2 is 1.88 bits per heavy atom. The third-order valence-corrected chi connectivity index (χ3v) is 8.67. The summed E-state index contributed by atoms with van der Waals surface area (Å²) in [6.45, 7) is 11.7. The van der Waals surface area contributed by atoms with Crippen molar-refractivity contribution in [2.24, 2.45) is 16.7 Å². The Morgan fingerprint density at radius 3 is 2.47 bits per heavy atom. The minimum absolute atomic E-state index is 0.126. The average molecular weight is 473 g/mol. The van der Waals surface area contributed by atoms with Gasteiger partial charge in [-0.25, -0.2) is 0 Å². The third-order valence-electron chi connectivity index (χ3n) is 8.67. The predicted molar refractivity (Wildman–Crippen MR) is 135 cm³/mol. The van der Waals surface area contributed by atoms with Crippen molar-refractivity contribution in [1.82, 2.24) is 0 Å². The molecule has 0 heterocycles. The largest absolute Gasteiger partial charge is 0.497 e.